The molecular weight excluding hydrogens is 1050 g/mol. The summed E-state index contributed by atoms with van der Waals surface area (Å²) in [6, 6.07) is 2.78. The quantitative estimate of drug-likeness (QED) is 0.0764. The second kappa shape index (κ2) is 28.5. The summed E-state index contributed by atoms with van der Waals surface area (Å²) in [7, 11) is 5.30. The Morgan fingerprint density at radius 3 is 1.80 bits per heavy atom. The Labute approximate surface area is 476 Å². The highest BCUT2D eigenvalue weighted by molar-refractivity contribution is 6.45. The molecule has 1 unspecified atom stereocenters. The molecule has 3 amide bonds. The van der Waals surface area contributed by atoms with E-state index in [2.05, 4.69) is 46.4 Å². The maximum Gasteiger partial charge on any atom is 0.457 e. The van der Waals surface area contributed by atoms with Crippen LogP contribution >= 0.6 is 0 Å². The Balaban J connectivity index is 0.000000468. The molecule has 3 saturated carbocycles. The van der Waals surface area contributed by atoms with E-state index in [1.807, 2.05) is 96.2 Å². The molecule has 3 aliphatic carbocycles. The third-order valence-electron chi connectivity index (χ3n) is 13.7. The van der Waals surface area contributed by atoms with E-state index in [1.54, 1.807) is 62.5 Å². The van der Waals surface area contributed by atoms with E-state index in [9.17, 15) is 19.2 Å². The smallest absolute Gasteiger partial charge is 0.457 e. The number of ether oxygens (including phenoxy) is 4. The number of nitrogens with two attached hydrogens (primary N) is 1. The molecule has 2 bridgehead atoms. The van der Waals surface area contributed by atoms with Crippen LogP contribution in [-0.2, 0) is 88.1 Å². The molecule has 9 rings (SSSR count). The molecule has 2 saturated heterocycles. The predicted octanol–water partition coefficient (Wildman–Crippen LogP) is 6.60. The molecule has 0 spiro atoms. The van der Waals surface area contributed by atoms with Gasteiger partial charge in [-0.05, 0) is 136 Å². The highest BCUT2D eigenvalue weighted by Gasteiger charge is 2.67. The van der Waals surface area contributed by atoms with Crippen LogP contribution in [0.4, 0.5) is 9.59 Å². The molecule has 5 fully saturated rings. The number of amides is 3. The Morgan fingerprint density at radius 1 is 0.790 bits per heavy atom. The molecule has 2 aliphatic heterocycles. The summed E-state index contributed by atoms with van der Waals surface area (Å²) in [6.45, 7) is 26.6. The van der Waals surface area contributed by atoms with Crippen molar-refractivity contribution in [3.05, 3.63) is 83.5 Å². The first-order valence-corrected chi connectivity index (χ1v) is 26.4. The zero-order valence-corrected chi connectivity index (χ0v) is 49.2. The van der Waals surface area contributed by atoms with Crippen molar-refractivity contribution < 1.29 is 66.6 Å². The number of imidazole rings is 3. The zero-order chi connectivity index (χ0) is 60.1. The standard InChI is InChI=1S/C38H55BN4O8.C10H17N3O2.C5H9N3.2CO2.CH4/c1-22-23(14-15-39-50-29-17-24-16-28(37(24,8)9)38(29,10)51-39)12-13-27(30(22)33(45)48-35(2,3)4)47-25-18-43(19-25)32(44)31(26-20-42(11)21-40-26)41-34(46)49-36(5,6)7;1-10(2,3)15-9(14)11-5-8-6-13(4)7-12-8;1-8-3-5(2-6)7-4-8;2*2-1-3;/h12-13,20-21,24-25,28-29,31H,14-19H2,1-11H3,(H,41,46);6-7H,5H2,1-4H3,(H,11,14);3-4H,2,6H2,1H3;;;1H4/t24-,28-,29+,31?,38-;;;;;/m0...../s1. The van der Waals surface area contributed by atoms with Crippen LogP contribution in [0.15, 0.2) is 49.7 Å². The molecule has 5 aliphatic rings. The van der Waals surface area contributed by atoms with Gasteiger partial charge in [0.05, 0.1) is 67.4 Å². The number of rotatable bonds is 12. The Hall–Kier alpha value is -7.17. The van der Waals surface area contributed by atoms with Crippen LogP contribution in [0.3, 0.4) is 0 Å². The first-order chi connectivity index (χ1) is 37.2. The molecule has 5 atom stereocenters. The van der Waals surface area contributed by atoms with Gasteiger partial charge in [-0.3, -0.25) is 4.79 Å². The van der Waals surface area contributed by atoms with Gasteiger partial charge in [-0.1, -0.05) is 27.3 Å². The van der Waals surface area contributed by atoms with Crippen LogP contribution in [0.2, 0.25) is 6.32 Å². The van der Waals surface area contributed by atoms with Crippen LogP contribution in [0, 0.1) is 24.2 Å². The molecule has 446 valence electrons. The van der Waals surface area contributed by atoms with Gasteiger partial charge in [-0.2, -0.15) is 19.2 Å². The molecule has 4 aromatic rings. The van der Waals surface area contributed by atoms with Crippen molar-refractivity contribution in [3.63, 3.8) is 0 Å². The molecular formula is C56H85BN10O14. The van der Waals surface area contributed by atoms with Crippen molar-refractivity contribution in [1.82, 2.24) is 44.2 Å². The SMILES string of the molecule is C.Cc1c(CCB2O[C@@H]3C[C@@H]4C[C@@H](C4(C)C)[C@]3(C)O2)ccc(OC2CN(C(=O)C(NC(=O)OC(C)(C)C)c3cn(C)cn3)C2)c1C(=O)OC(C)(C)C.Cn1cnc(CN)c1.Cn1cnc(CNC(=O)OC(C)(C)C)c1.O=C=O.O=C=O. The monoisotopic (exact) mass is 1130 g/mol. The molecule has 3 aromatic heterocycles. The second-order valence-electron chi connectivity index (χ2n) is 24.0. The summed E-state index contributed by atoms with van der Waals surface area (Å²) in [6.07, 6.45) is 13.1. The number of carbonyl (C=O) groups is 4. The lowest BCUT2D eigenvalue weighted by Gasteiger charge is -2.64. The maximum absolute atomic E-state index is 13.7. The van der Waals surface area contributed by atoms with Crippen molar-refractivity contribution in [1.29, 1.82) is 0 Å². The lowest BCUT2D eigenvalue weighted by atomic mass is 9.43. The Morgan fingerprint density at radius 2 is 1.32 bits per heavy atom. The minimum atomic E-state index is -1.03. The summed E-state index contributed by atoms with van der Waals surface area (Å²) < 4.78 is 41.3. The van der Waals surface area contributed by atoms with Gasteiger partial charge in [-0.15, -0.1) is 0 Å². The average Bonchev–Trinajstić information content (AvgIpc) is 4.15. The fourth-order valence-electron chi connectivity index (χ4n) is 9.96. The summed E-state index contributed by atoms with van der Waals surface area (Å²) in [5.41, 5.74) is 7.71. The third-order valence-corrected chi connectivity index (χ3v) is 13.7. The molecule has 81 heavy (non-hydrogen) atoms. The van der Waals surface area contributed by atoms with Crippen LogP contribution in [-0.4, -0.2) is 125 Å². The number of benzene rings is 1. The maximum atomic E-state index is 13.7. The first-order valence-electron chi connectivity index (χ1n) is 26.4. The summed E-state index contributed by atoms with van der Waals surface area (Å²) in [4.78, 5) is 97.7. The van der Waals surface area contributed by atoms with E-state index in [1.165, 1.54) is 6.42 Å². The normalized spacial score (nSPS) is 19.6. The fraction of sp³-hybridized carbons (Fsp3) is 0.625. The van der Waals surface area contributed by atoms with Gasteiger partial charge in [-0.25, -0.2) is 29.3 Å². The lowest BCUT2D eigenvalue weighted by Crippen LogP contribution is -2.65. The van der Waals surface area contributed by atoms with E-state index in [-0.39, 0.29) is 69.1 Å². The minimum Gasteiger partial charge on any atom is -0.486 e. The van der Waals surface area contributed by atoms with Gasteiger partial charge in [0.25, 0.3) is 5.91 Å². The number of alkyl carbamates (subject to hydrolysis) is 2. The van der Waals surface area contributed by atoms with Crippen LogP contribution in [0.1, 0.15) is 148 Å². The van der Waals surface area contributed by atoms with Crippen molar-refractivity contribution in [2.24, 2.45) is 44.1 Å². The Kier molecular flexibility index (Phi) is 24.0. The second-order valence-corrected chi connectivity index (χ2v) is 24.0. The van der Waals surface area contributed by atoms with Crippen molar-refractivity contribution in [2.45, 2.75) is 177 Å². The number of likely N-dealkylation sites (tertiary alicyclic amines) is 1. The van der Waals surface area contributed by atoms with Gasteiger partial charge in [0.1, 0.15) is 34.2 Å². The number of nitrogens with one attached hydrogen (secondary N) is 2. The van der Waals surface area contributed by atoms with Gasteiger partial charge in [0.15, 0.2) is 6.04 Å². The molecule has 0 radical (unpaired) electrons. The number of aryl methyl sites for hydroxylation is 4. The van der Waals surface area contributed by atoms with E-state index < -0.39 is 41.0 Å². The molecule has 25 heteroatoms. The van der Waals surface area contributed by atoms with Crippen LogP contribution in [0.5, 0.6) is 5.75 Å². The first kappa shape index (κ1) is 68.1. The zero-order valence-electron chi connectivity index (χ0n) is 49.2. The van der Waals surface area contributed by atoms with Crippen molar-refractivity contribution in [2.75, 3.05) is 13.1 Å². The van der Waals surface area contributed by atoms with Gasteiger partial charge < -0.3 is 63.2 Å². The topological polar surface area (TPSA) is 299 Å². The van der Waals surface area contributed by atoms with E-state index in [4.69, 9.17) is 53.2 Å². The van der Waals surface area contributed by atoms with Crippen LogP contribution < -0.4 is 21.1 Å². The Bertz CT molecular complexity index is 2800. The number of aromatic nitrogens is 6. The lowest BCUT2D eigenvalue weighted by molar-refractivity contribution is -0.199. The van der Waals surface area contributed by atoms with Gasteiger partial charge >= 0.3 is 37.6 Å². The van der Waals surface area contributed by atoms with E-state index in [0.29, 0.717) is 54.7 Å². The minimum absolute atomic E-state index is 0. The summed E-state index contributed by atoms with van der Waals surface area (Å²) in [5, 5.41) is 5.32. The van der Waals surface area contributed by atoms with Crippen molar-refractivity contribution >= 4 is 43.5 Å². The number of carbonyl (C=O) groups excluding carboxylic acids is 8. The highest BCUT2D eigenvalue weighted by atomic mass is 16.7. The van der Waals surface area contributed by atoms with E-state index >= 15 is 0 Å². The van der Waals surface area contributed by atoms with Crippen molar-refractivity contribution in [3.8, 4) is 5.75 Å². The largest absolute Gasteiger partial charge is 0.486 e. The average molecular weight is 1130 g/mol. The fourth-order valence-corrected chi connectivity index (χ4v) is 9.96. The molecule has 5 heterocycles. The number of hydrogen-bond acceptors (Lipinski definition) is 18. The molecule has 24 nitrogen and oxygen atoms in total. The van der Waals surface area contributed by atoms with Gasteiger partial charge in [0.2, 0.25) is 0 Å². The summed E-state index contributed by atoms with van der Waals surface area (Å²) in [5.74, 6) is 0.797. The summed E-state index contributed by atoms with van der Waals surface area (Å²) >= 11 is 0. The molecule has 4 N–H and O–H groups in total. The van der Waals surface area contributed by atoms with E-state index in [0.717, 1.165) is 28.9 Å². The number of nitrogens with zero attached hydrogens (tertiary/aromatic N) is 7. The number of hydrogen-bond donors (Lipinski definition) is 3. The third kappa shape index (κ3) is 19.5. The number of esters is 1. The van der Waals surface area contributed by atoms with Crippen LogP contribution in [0.25, 0.3) is 0 Å². The molecule has 1 aromatic carbocycles. The van der Waals surface area contributed by atoms with Gasteiger partial charge in [0, 0.05) is 46.3 Å². The predicted molar refractivity (Wildman–Crippen MR) is 295 cm³/mol. The highest BCUT2D eigenvalue weighted by Crippen LogP contribution is 2.65.